The first-order chi connectivity index (χ1) is 12.0. The number of ether oxygens (including phenoxy) is 2. The third-order valence-electron chi connectivity index (χ3n) is 7.15. The van der Waals surface area contributed by atoms with Gasteiger partial charge in [-0.15, -0.1) is 0 Å². The van der Waals surface area contributed by atoms with E-state index in [-0.39, 0.29) is 6.29 Å². The molecule has 2 unspecified atom stereocenters. The van der Waals surface area contributed by atoms with E-state index < -0.39 is 0 Å². The molecule has 0 amide bonds. The van der Waals surface area contributed by atoms with Crippen molar-refractivity contribution in [3.05, 3.63) is 29.8 Å². The largest absolute Gasteiger partial charge is 0.465 e. The van der Waals surface area contributed by atoms with Gasteiger partial charge in [0.05, 0.1) is 6.61 Å². The monoisotopic (exact) mass is 342 g/mol. The minimum atomic E-state index is -0.164. The Morgan fingerprint density at radius 3 is 2.04 bits per heavy atom. The van der Waals surface area contributed by atoms with Crippen molar-refractivity contribution in [3.8, 4) is 5.75 Å². The Labute approximate surface area is 153 Å². The second kappa shape index (κ2) is 6.95. The van der Waals surface area contributed by atoms with Gasteiger partial charge >= 0.3 is 0 Å². The molecule has 5 rings (SSSR count). The van der Waals surface area contributed by atoms with E-state index in [0.29, 0.717) is 11.3 Å². The van der Waals surface area contributed by atoms with Gasteiger partial charge in [0.2, 0.25) is 0 Å². The number of hydrogen-bond acceptors (Lipinski definition) is 2. The predicted octanol–water partition coefficient (Wildman–Crippen LogP) is 6.16. The zero-order chi connectivity index (χ0) is 17.4. The van der Waals surface area contributed by atoms with E-state index >= 15 is 0 Å². The van der Waals surface area contributed by atoms with Gasteiger partial charge in [0.1, 0.15) is 5.75 Å². The van der Waals surface area contributed by atoms with Crippen molar-refractivity contribution in [1.82, 2.24) is 0 Å². The van der Waals surface area contributed by atoms with Crippen molar-refractivity contribution in [1.29, 1.82) is 0 Å². The standard InChI is InChI=1S/C23H34O2/c1-4-16(2)21-5-7-22(8-6-21)25-17(3)24-15-23-12-18-9-19(13-23)11-20(10-18)14-23/h5-8,16-20H,4,9-15H2,1-3H3. The van der Waals surface area contributed by atoms with E-state index in [1.54, 1.807) is 0 Å². The summed E-state index contributed by atoms with van der Waals surface area (Å²) >= 11 is 0. The van der Waals surface area contributed by atoms with E-state index in [1.807, 2.05) is 6.92 Å². The lowest BCUT2D eigenvalue weighted by Gasteiger charge is -2.56. The maximum absolute atomic E-state index is 6.21. The van der Waals surface area contributed by atoms with Crippen LogP contribution >= 0.6 is 0 Å². The summed E-state index contributed by atoms with van der Waals surface area (Å²) in [5, 5.41) is 0. The summed E-state index contributed by atoms with van der Waals surface area (Å²) in [5.74, 6) is 4.49. The summed E-state index contributed by atoms with van der Waals surface area (Å²) in [7, 11) is 0. The van der Waals surface area contributed by atoms with Crippen molar-refractivity contribution >= 4 is 0 Å². The number of rotatable bonds is 7. The Kier molecular flexibility index (Phi) is 4.83. The van der Waals surface area contributed by atoms with Crippen LogP contribution in [0.4, 0.5) is 0 Å². The summed E-state index contributed by atoms with van der Waals surface area (Å²) in [6.45, 7) is 7.44. The highest BCUT2D eigenvalue weighted by molar-refractivity contribution is 5.29. The molecule has 0 saturated heterocycles. The van der Waals surface area contributed by atoms with Crippen LogP contribution in [0.25, 0.3) is 0 Å². The minimum absolute atomic E-state index is 0.164. The predicted molar refractivity (Wildman–Crippen MR) is 102 cm³/mol. The van der Waals surface area contributed by atoms with E-state index in [4.69, 9.17) is 9.47 Å². The highest BCUT2D eigenvalue weighted by Gasteiger charge is 2.51. The molecule has 4 aliphatic rings. The van der Waals surface area contributed by atoms with E-state index in [1.165, 1.54) is 50.5 Å². The lowest BCUT2D eigenvalue weighted by atomic mass is 9.50. The zero-order valence-electron chi connectivity index (χ0n) is 16.2. The van der Waals surface area contributed by atoms with E-state index in [9.17, 15) is 0 Å². The Bertz CT molecular complexity index is 541. The average molecular weight is 343 g/mol. The number of hydrogen-bond donors (Lipinski definition) is 0. The summed E-state index contributed by atoms with van der Waals surface area (Å²) < 4.78 is 12.2. The van der Waals surface area contributed by atoms with Gasteiger partial charge in [-0.3, -0.25) is 0 Å². The van der Waals surface area contributed by atoms with Gasteiger partial charge in [0, 0.05) is 0 Å². The summed E-state index contributed by atoms with van der Waals surface area (Å²) in [6.07, 6.45) is 9.68. The van der Waals surface area contributed by atoms with Crippen molar-refractivity contribution in [2.75, 3.05) is 6.61 Å². The molecule has 4 saturated carbocycles. The topological polar surface area (TPSA) is 18.5 Å². The van der Waals surface area contributed by atoms with Crippen LogP contribution in [0, 0.1) is 23.2 Å². The molecule has 4 fully saturated rings. The fraction of sp³-hybridized carbons (Fsp3) is 0.739. The van der Waals surface area contributed by atoms with E-state index in [2.05, 4.69) is 38.1 Å². The molecule has 0 N–H and O–H groups in total. The number of benzene rings is 1. The molecule has 0 spiro atoms. The molecule has 1 aromatic carbocycles. The third-order valence-corrected chi connectivity index (χ3v) is 7.15. The second-order valence-corrected chi connectivity index (χ2v) is 9.29. The van der Waals surface area contributed by atoms with Gasteiger partial charge < -0.3 is 9.47 Å². The molecule has 2 heteroatoms. The fourth-order valence-corrected chi connectivity index (χ4v) is 6.10. The molecule has 25 heavy (non-hydrogen) atoms. The highest BCUT2D eigenvalue weighted by atomic mass is 16.7. The molecule has 0 aromatic heterocycles. The Morgan fingerprint density at radius 1 is 0.960 bits per heavy atom. The average Bonchev–Trinajstić information content (AvgIpc) is 2.59. The maximum Gasteiger partial charge on any atom is 0.196 e. The van der Waals surface area contributed by atoms with E-state index in [0.717, 1.165) is 30.1 Å². The van der Waals surface area contributed by atoms with Crippen molar-refractivity contribution in [3.63, 3.8) is 0 Å². The SMILES string of the molecule is CCC(C)c1ccc(OC(C)OCC23CC4CC(CC(C4)C2)C3)cc1. The van der Waals surface area contributed by atoms with Crippen LogP contribution in [0.15, 0.2) is 24.3 Å². The minimum Gasteiger partial charge on any atom is -0.465 e. The van der Waals surface area contributed by atoms with Crippen molar-refractivity contribution < 1.29 is 9.47 Å². The normalized spacial score (nSPS) is 35.6. The lowest BCUT2D eigenvalue weighted by molar-refractivity contribution is -0.146. The van der Waals surface area contributed by atoms with Crippen LogP contribution in [0.3, 0.4) is 0 Å². The molecule has 0 heterocycles. The van der Waals surface area contributed by atoms with Gasteiger partial charge in [0.15, 0.2) is 6.29 Å². The van der Waals surface area contributed by atoms with Crippen LogP contribution in [0.5, 0.6) is 5.75 Å². The first-order valence-electron chi connectivity index (χ1n) is 10.4. The van der Waals surface area contributed by atoms with Crippen molar-refractivity contribution in [2.45, 2.75) is 77.9 Å². The molecule has 2 nitrogen and oxygen atoms in total. The molecule has 1 aromatic rings. The molecule has 0 aliphatic heterocycles. The molecule has 0 radical (unpaired) electrons. The molecular weight excluding hydrogens is 308 g/mol. The third kappa shape index (κ3) is 3.74. The molecule has 2 atom stereocenters. The Morgan fingerprint density at radius 2 is 1.52 bits per heavy atom. The Balaban J connectivity index is 1.30. The first-order valence-corrected chi connectivity index (χ1v) is 10.4. The van der Waals surface area contributed by atoms with Gasteiger partial charge in [-0.1, -0.05) is 26.0 Å². The highest BCUT2D eigenvalue weighted by Crippen LogP contribution is 2.60. The van der Waals surface area contributed by atoms with Gasteiger partial charge in [-0.2, -0.15) is 0 Å². The summed E-state index contributed by atoms with van der Waals surface area (Å²) in [6, 6.07) is 8.56. The van der Waals surface area contributed by atoms with Gasteiger partial charge in [-0.05, 0) is 98.7 Å². The quantitative estimate of drug-likeness (QED) is 0.553. The van der Waals surface area contributed by atoms with Crippen LogP contribution in [-0.2, 0) is 4.74 Å². The van der Waals surface area contributed by atoms with Crippen LogP contribution in [-0.4, -0.2) is 12.9 Å². The fourth-order valence-electron chi connectivity index (χ4n) is 6.10. The molecule has 138 valence electrons. The molecule has 4 bridgehead atoms. The summed E-state index contributed by atoms with van der Waals surface area (Å²) in [5.41, 5.74) is 1.85. The van der Waals surface area contributed by atoms with Gasteiger partial charge in [0.25, 0.3) is 0 Å². The molecule has 4 aliphatic carbocycles. The van der Waals surface area contributed by atoms with Gasteiger partial charge in [-0.25, -0.2) is 0 Å². The van der Waals surface area contributed by atoms with Crippen LogP contribution in [0.2, 0.25) is 0 Å². The second-order valence-electron chi connectivity index (χ2n) is 9.29. The maximum atomic E-state index is 6.21. The Hall–Kier alpha value is -1.02. The zero-order valence-corrected chi connectivity index (χ0v) is 16.2. The lowest BCUT2D eigenvalue weighted by Crippen LogP contribution is -2.48. The first kappa shape index (κ1) is 17.4. The van der Waals surface area contributed by atoms with Crippen LogP contribution < -0.4 is 4.74 Å². The van der Waals surface area contributed by atoms with Crippen molar-refractivity contribution in [2.24, 2.45) is 23.2 Å². The summed E-state index contributed by atoms with van der Waals surface area (Å²) in [4.78, 5) is 0. The van der Waals surface area contributed by atoms with Crippen LogP contribution in [0.1, 0.15) is 77.2 Å². The smallest absolute Gasteiger partial charge is 0.196 e. The molecular formula is C23H34O2.